The fourth-order valence-corrected chi connectivity index (χ4v) is 2.64. The lowest BCUT2D eigenvalue weighted by molar-refractivity contribution is 0.0913. The summed E-state index contributed by atoms with van der Waals surface area (Å²) in [5.41, 5.74) is 1.28. The van der Waals surface area contributed by atoms with Crippen molar-refractivity contribution in [3.05, 3.63) is 17.0 Å². The van der Waals surface area contributed by atoms with Crippen LogP contribution in [0.25, 0.3) is 0 Å². The van der Waals surface area contributed by atoms with Crippen LogP contribution in [-0.2, 0) is 6.42 Å². The molecule has 1 heterocycles. The zero-order valence-corrected chi connectivity index (χ0v) is 15.0. The predicted octanol–water partition coefficient (Wildman–Crippen LogP) is 3.03. The molecule has 5 nitrogen and oxygen atoms in total. The molecule has 0 atom stereocenters. The third-order valence-corrected chi connectivity index (χ3v) is 3.92. The van der Waals surface area contributed by atoms with Gasteiger partial charge in [0, 0.05) is 25.1 Å². The van der Waals surface area contributed by atoms with E-state index in [4.69, 9.17) is 4.52 Å². The number of hydrogen-bond donors (Lipinski definition) is 1. The topological polar surface area (TPSA) is 58.4 Å². The molecule has 1 aromatic heterocycles. The second-order valence-corrected chi connectivity index (χ2v) is 6.65. The first kappa shape index (κ1) is 18.7. The second-order valence-electron chi connectivity index (χ2n) is 6.65. The fraction of sp³-hybridized carbons (Fsp3) is 0.765. The molecule has 0 aliphatic rings. The van der Waals surface area contributed by atoms with E-state index in [-0.39, 0.29) is 11.3 Å². The van der Waals surface area contributed by atoms with Gasteiger partial charge < -0.3 is 14.7 Å². The van der Waals surface area contributed by atoms with E-state index >= 15 is 0 Å². The normalized spacial score (nSPS) is 12.0. The van der Waals surface area contributed by atoms with E-state index in [9.17, 15) is 4.79 Å². The van der Waals surface area contributed by atoms with Gasteiger partial charge in [0.25, 0.3) is 5.91 Å². The van der Waals surface area contributed by atoms with Crippen molar-refractivity contribution in [2.45, 2.75) is 54.4 Å². The van der Waals surface area contributed by atoms with Gasteiger partial charge in [-0.2, -0.15) is 0 Å². The largest absolute Gasteiger partial charge is 0.360 e. The Labute approximate surface area is 134 Å². The number of aromatic nitrogens is 1. The van der Waals surface area contributed by atoms with Crippen LogP contribution in [0, 0.1) is 12.3 Å². The Morgan fingerprint density at radius 3 is 2.50 bits per heavy atom. The predicted molar refractivity (Wildman–Crippen MR) is 89.1 cm³/mol. The third-order valence-electron chi connectivity index (χ3n) is 3.92. The van der Waals surface area contributed by atoms with Crippen LogP contribution >= 0.6 is 0 Å². The number of amides is 1. The fourth-order valence-electron chi connectivity index (χ4n) is 2.64. The lowest BCUT2D eigenvalue weighted by atomic mass is 9.92. The highest BCUT2D eigenvalue weighted by molar-refractivity contribution is 5.93. The van der Waals surface area contributed by atoms with Crippen molar-refractivity contribution in [1.82, 2.24) is 15.4 Å². The summed E-state index contributed by atoms with van der Waals surface area (Å²) in [6.45, 7) is 16.3. The maximum atomic E-state index is 12.3. The maximum absolute atomic E-state index is 12.3. The summed E-state index contributed by atoms with van der Waals surface area (Å²) >= 11 is 0. The molecule has 0 fully saturated rings. The van der Waals surface area contributed by atoms with E-state index in [0.717, 1.165) is 43.8 Å². The van der Waals surface area contributed by atoms with E-state index < -0.39 is 0 Å². The molecule has 1 aromatic rings. The van der Waals surface area contributed by atoms with Crippen LogP contribution in [0.4, 0.5) is 0 Å². The van der Waals surface area contributed by atoms with Crippen LogP contribution in [0.1, 0.15) is 62.9 Å². The standard InChI is InChI=1S/C17H31N3O2/c1-7-10-20(9-3)12-17(5,6)11-18-16(21)15-13(4)14(8-2)22-19-15/h7-12H2,1-6H3,(H,18,21). The number of nitrogens with one attached hydrogen (secondary N) is 1. The Morgan fingerprint density at radius 1 is 1.32 bits per heavy atom. The van der Waals surface area contributed by atoms with Gasteiger partial charge in [-0.25, -0.2) is 0 Å². The zero-order valence-electron chi connectivity index (χ0n) is 15.0. The summed E-state index contributed by atoms with van der Waals surface area (Å²) in [6, 6.07) is 0. The minimum atomic E-state index is -0.146. The number of carbonyl (C=O) groups is 1. The minimum absolute atomic E-state index is 0.0199. The molecule has 0 spiro atoms. The Balaban J connectivity index is 2.59. The molecule has 5 heteroatoms. The Kier molecular flexibility index (Phi) is 7.07. The molecule has 1 amide bonds. The smallest absolute Gasteiger partial charge is 0.273 e. The molecule has 1 N–H and O–H groups in total. The summed E-state index contributed by atoms with van der Waals surface area (Å²) in [5.74, 6) is 0.636. The maximum Gasteiger partial charge on any atom is 0.273 e. The van der Waals surface area contributed by atoms with Crippen LogP contribution in [-0.4, -0.2) is 42.1 Å². The van der Waals surface area contributed by atoms with E-state index in [1.165, 1.54) is 0 Å². The highest BCUT2D eigenvalue weighted by Gasteiger charge is 2.24. The molecule has 1 rings (SSSR count). The molecule has 126 valence electrons. The summed E-state index contributed by atoms with van der Waals surface area (Å²) in [5, 5.41) is 6.90. The van der Waals surface area contributed by atoms with Crippen LogP contribution in [0.3, 0.4) is 0 Å². The Bertz CT molecular complexity index is 480. The van der Waals surface area contributed by atoms with Gasteiger partial charge in [0.05, 0.1) is 0 Å². The monoisotopic (exact) mass is 309 g/mol. The molecule has 0 radical (unpaired) electrons. The molecule has 0 aliphatic heterocycles. The summed E-state index contributed by atoms with van der Waals surface area (Å²) in [6.07, 6.45) is 1.90. The Morgan fingerprint density at radius 2 is 2.00 bits per heavy atom. The average molecular weight is 309 g/mol. The van der Waals surface area contributed by atoms with E-state index in [0.29, 0.717) is 12.2 Å². The SMILES string of the molecule is CCCN(CC)CC(C)(C)CNC(=O)c1noc(CC)c1C. The lowest BCUT2D eigenvalue weighted by Crippen LogP contribution is -2.42. The number of carbonyl (C=O) groups excluding carboxylic acids is 1. The quantitative estimate of drug-likeness (QED) is 0.762. The molecule has 0 unspecified atom stereocenters. The van der Waals surface area contributed by atoms with E-state index in [2.05, 4.69) is 43.1 Å². The lowest BCUT2D eigenvalue weighted by Gasteiger charge is -2.32. The summed E-state index contributed by atoms with van der Waals surface area (Å²) in [7, 11) is 0. The Hall–Kier alpha value is -1.36. The van der Waals surface area contributed by atoms with Crippen molar-refractivity contribution in [1.29, 1.82) is 0 Å². The van der Waals surface area contributed by atoms with Crippen LogP contribution < -0.4 is 5.32 Å². The molecule has 0 bridgehead atoms. The minimum Gasteiger partial charge on any atom is -0.360 e. The summed E-state index contributed by atoms with van der Waals surface area (Å²) < 4.78 is 5.19. The van der Waals surface area contributed by atoms with Crippen LogP contribution in [0.15, 0.2) is 4.52 Å². The third kappa shape index (κ3) is 5.13. The van der Waals surface area contributed by atoms with Gasteiger partial charge in [0.2, 0.25) is 0 Å². The van der Waals surface area contributed by atoms with Crippen molar-refractivity contribution >= 4 is 5.91 Å². The highest BCUT2D eigenvalue weighted by Crippen LogP contribution is 2.17. The van der Waals surface area contributed by atoms with Gasteiger partial charge in [-0.15, -0.1) is 0 Å². The molecular formula is C17H31N3O2. The molecule has 0 aliphatic carbocycles. The molecule has 0 saturated carbocycles. The van der Waals surface area contributed by atoms with Gasteiger partial charge in [-0.1, -0.05) is 39.8 Å². The number of hydrogen-bond acceptors (Lipinski definition) is 4. The number of rotatable bonds is 9. The van der Waals surface area contributed by atoms with Crippen molar-refractivity contribution in [3.8, 4) is 0 Å². The van der Waals surface area contributed by atoms with Crippen molar-refractivity contribution < 1.29 is 9.32 Å². The molecular weight excluding hydrogens is 278 g/mol. The molecule has 0 saturated heterocycles. The van der Waals surface area contributed by atoms with E-state index in [1.54, 1.807) is 0 Å². The van der Waals surface area contributed by atoms with E-state index in [1.807, 2.05) is 13.8 Å². The molecule has 0 aromatic carbocycles. The first-order valence-corrected chi connectivity index (χ1v) is 8.30. The average Bonchev–Trinajstić information content (AvgIpc) is 2.85. The molecule has 22 heavy (non-hydrogen) atoms. The van der Waals surface area contributed by atoms with Crippen LogP contribution in [0.5, 0.6) is 0 Å². The van der Waals surface area contributed by atoms with Gasteiger partial charge >= 0.3 is 0 Å². The van der Waals surface area contributed by atoms with Crippen molar-refractivity contribution in [2.75, 3.05) is 26.2 Å². The van der Waals surface area contributed by atoms with Gasteiger partial charge in [-0.05, 0) is 31.8 Å². The number of nitrogens with zero attached hydrogens (tertiary/aromatic N) is 2. The first-order valence-electron chi connectivity index (χ1n) is 8.30. The highest BCUT2D eigenvalue weighted by atomic mass is 16.5. The van der Waals surface area contributed by atoms with Gasteiger partial charge in [0.1, 0.15) is 5.76 Å². The van der Waals surface area contributed by atoms with Crippen LogP contribution in [0.2, 0.25) is 0 Å². The number of aryl methyl sites for hydroxylation is 1. The van der Waals surface area contributed by atoms with Crippen molar-refractivity contribution in [2.24, 2.45) is 5.41 Å². The zero-order chi connectivity index (χ0) is 16.8. The van der Waals surface area contributed by atoms with Gasteiger partial charge in [0.15, 0.2) is 5.69 Å². The van der Waals surface area contributed by atoms with Gasteiger partial charge in [-0.3, -0.25) is 4.79 Å². The first-order chi connectivity index (χ1) is 10.3. The summed E-state index contributed by atoms with van der Waals surface area (Å²) in [4.78, 5) is 14.7. The van der Waals surface area contributed by atoms with Crippen molar-refractivity contribution in [3.63, 3.8) is 0 Å². The second kappa shape index (κ2) is 8.32.